The van der Waals surface area contributed by atoms with E-state index in [1.165, 1.54) is 0 Å². The first kappa shape index (κ1) is 30.4. The lowest BCUT2D eigenvalue weighted by Gasteiger charge is -2.18. The molecule has 5 N–H and O–H groups in total. The number of rotatable bonds is 11. The number of carboxylic acid groups (broad SMARTS) is 3. The van der Waals surface area contributed by atoms with Gasteiger partial charge in [-0.1, -0.05) is 24.3 Å². The number of aromatic nitrogens is 3. The molecule has 13 nitrogen and oxygen atoms in total. The SMILES string of the molecule is COc1ccccc1-c1nnc(NC(C)C)nc1-c1ccccc1OC.O=C(O)CC(O)(CC(=O)O)C(=O)O. The smallest absolute Gasteiger partial charge is 0.336 e. The summed E-state index contributed by atoms with van der Waals surface area (Å²) in [7, 11) is 3.28. The molecule has 0 fully saturated rings. The summed E-state index contributed by atoms with van der Waals surface area (Å²) >= 11 is 0. The summed E-state index contributed by atoms with van der Waals surface area (Å²) < 4.78 is 11.0. The fourth-order valence-corrected chi connectivity index (χ4v) is 3.41. The minimum atomic E-state index is -2.74. The molecule has 1 aromatic heterocycles. The topological polar surface area (TPSA) is 201 Å². The molecule has 2 aromatic carbocycles. The number of ether oxygens (including phenoxy) is 2. The Hall–Kier alpha value is -4.78. The van der Waals surface area contributed by atoms with Crippen LogP contribution in [0.4, 0.5) is 5.95 Å². The van der Waals surface area contributed by atoms with Gasteiger partial charge >= 0.3 is 17.9 Å². The molecule has 0 aliphatic carbocycles. The molecule has 0 unspecified atom stereocenters. The zero-order valence-corrected chi connectivity index (χ0v) is 21.8. The van der Waals surface area contributed by atoms with E-state index in [1.54, 1.807) is 14.2 Å². The van der Waals surface area contributed by atoms with Crippen LogP contribution in [0, 0.1) is 0 Å². The molecule has 0 aliphatic heterocycles. The summed E-state index contributed by atoms with van der Waals surface area (Å²) in [5.74, 6) is -3.11. The van der Waals surface area contributed by atoms with Gasteiger partial charge in [-0.15, -0.1) is 10.2 Å². The van der Waals surface area contributed by atoms with Crippen molar-refractivity contribution in [1.82, 2.24) is 15.2 Å². The third-order valence-electron chi connectivity index (χ3n) is 5.11. The average molecular weight is 543 g/mol. The van der Waals surface area contributed by atoms with Crippen molar-refractivity contribution in [1.29, 1.82) is 0 Å². The summed E-state index contributed by atoms with van der Waals surface area (Å²) in [6.07, 6.45) is -2.29. The molecular weight excluding hydrogens is 512 g/mol. The highest BCUT2D eigenvalue weighted by atomic mass is 16.5. The quantitative estimate of drug-likeness (QED) is 0.237. The van der Waals surface area contributed by atoms with Crippen molar-refractivity contribution < 1.29 is 44.3 Å². The number of nitrogens with zero attached hydrogens (tertiary/aromatic N) is 3. The first-order valence-corrected chi connectivity index (χ1v) is 11.6. The Bertz CT molecular complexity index is 1300. The highest BCUT2D eigenvalue weighted by Crippen LogP contribution is 2.38. The number of para-hydroxylation sites is 2. The lowest BCUT2D eigenvalue weighted by molar-refractivity contribution is -0.170. The predicted octanol–water partition coefficient (Wildman–Crippen LogP) is 2.79. The van der Waals surface area contributed by atoms with Crippen LogP contribution in [0.5, 0.6) is 11.5 Å². The number of hydrogen-bond acceptors (Lipinski definition) is 10. The average Bonchev–Trinajstić information content (AvgIpc) is 2.87. The van der Waals surface area contributed by atoms with Crippen LogP contribution >= 0.6 is 0 Å². The van der Waals surface area contributed by atoms with Crippen LogP contribution in [-0.4, -0.2) is 79.4 Å². The Morgan fingerprint density at radius 3 is 1.69 bits per heavy atom. The summed E-state index contributed by atoms with van der Waals surface area (Å²) in [6, 6.07) is 15.6. The fraction of sp³-hybridized carbons (Fsp3) is 0.308. The monoisotopic (exact) mass is 542 g/mol. The molecule has 208 valence electrons. The number of aliphatic hydroxyl groups is 1. The number of benzene rings is 2. The van der Waals surface area contributed by atoms with Crippen LogP contribution in [-0.2, 0) is 14.4 Å². The minimum absolute atomic E-state index is 0.194. The van der Waals surface area contributed by atoms with Crippen molar-refractivity contribution in [3.8, 4) is 34.0 Å². The predicted molar refractivity (Wildman–Crippen MR) is 140 cm³/mol. The fourth-order valence-electron chi connectivity index (χ4n) is 3.41. The summed E-state index contributed by atoms with van der Waals surface area (Å²) in [4.78, 5) is 35.2. The van der Waals surface area contributed by atoms with Crippen molar-refractivity contribution in [3.05, 3.63) is 48.5 Å². The van der Waals surface area contributed by atoms with Gasteiger partial charge < -0.3 is 35.2 Å². The van der Waals surface area contributed by atoms with Crippen LogP contribution in [0.2, 0.25) is 0 Å². The van der Waals surface area contributed by atoms with Crippen LogP contribution < -0.4 is 14.8 Å². The van der Waals surface area contributed by atoms with Crippen LogP contribution in [0.1, 0.15) is 26.7 Å². The van der Waals surface area contributed by atoms with Crippen LogP contribution in [0.3, 0.4) is 0 Å². The van der Waals surface area contributed by atoms with Gasteiger partial charge in [0.1, 0.15) is 22.9 Å². The van der Waals surface area contributed by atoms with Gasteiger partial charge in [-0.05, 0) is 38.1 Å². The molecule has 3 aromatic rings. The number of anilines is 1. The lowest BCUT2D eigenvalue weighted by Crippen LogP contribution is -2.42. The number of nitrogens with one attached hydrogen (secondary N) is 1. The third kappa shape index (κ3) is 8.36. The van der Waals surface area contributed by atoms with Crippen molar-refractivity contribution in [2.24, 2.45) is 0 Å². The molecule has 0 spiro atoms. The molecule has 0 amide bonds. The van der Waals surface area contributed by atoms with E-state index in [4.69, 9.17) is 34.9 Å². The molecule has 3 rings (SSSR count). The Morgan fingerprint density at radius 2 is 1.28 bits per heavy atom. The van der Waals surface area contributed by atoms with Gasteiger partial charge in [-0.25, -0.2) is 9.78 Å². The highest BCUT2D eigenvalue weighted by Gasteiger charge is 2.40. The Morgan fingerprint density at radius 1 is 0.821 bits per heavy atom. The molecule has 0 saturated carbocycles. The molecule has 39 heavy (non-hydrogen) atoms. The first-order valence-electron chi connectivity index (χ1n) is 11.6. The molecule has 0 saturated heterocycles. The maximum absolute atomic E-state index is 10.3. The van der Waals surface area contributed by atoms with E-state index in [0.717, 1.165) is 16.9 Å². The van der Waals surface area contributed by atoms with Crippen molar-refractivity contribution in [3.63, 3.8) is 0 Å². The van der Waals surface area contributed by atoms with E-state index < -0.39 is 36.4 Å². The van der Waals surface area contributed by atoms with Gasteiger partial charge in [0.05, 0.1) is 27.1 Å². The van der Waals surface area contributed by atoms with E-state index in [0.29, 0.717) is 23.1 Å². The van der Waals surface area contributed by atoms with Crippen LogP contribution in [0.15, 0.2) is 48.5 Å². The van der Waals surface area contributed by atoms with Gasteiger partial charge in [0.2, 0.25) is 5.95 Å². The second-order valence-corrected chi connectivity index (χ2v) is 8.51. The molecule has 0 bridgehead atoms. The number of carbonyl (C=O) groups is 3. The van der Waals surface area contributed by atoms with Crippen molar-refractivity contribution in [2.75, 3.05) is 19.5 Å². The summed E-state index contributed by atoms with van der Waals surface area (Å²) in [6.45, 7) is 4.06. The molecule has 13 heteroatoms. The summed E-state index contributed by atoms with van der Waals surface area (Å²) in [5.41, 5.74) is 0.258. The van der Waals surface area contributed by atoms with E-state index in [1.807, 2.05) is 62.4 Å². The van der Waals surface area contributed by atoms with Gasteiger partial charge in [-0.3, -0.25) is 9.59 Å². The summed E-state index contributed by atoms with van der Waals surface area (Å²) in [5, 5.41) is 45.7. The third-order valence-corrected chi connectivity index (χ3v) is 5.11. The van der Waals surface area contributed by atoms with E-state index in [9.17, 15) is 14.4 Å². The maximum Gasteiger partial charge on any atom is 0.336 e. The number of carboxylic acids is 3. The second-order valence-electron chi connectivity index (χ2n) is 8.51. The minimum Gasteiger partial charge on any atom is -0.496 e. The molecule has 0 aliphatic rings. The largest absolute Gasteiger partial charge is 0.496 e. The molecule has 1 heterocycles. The maximum atomic E-state index is 10.3. The van der Waals surface area contributed by atoms with Gasteiger partial charge in [0, 0.05) is 17.2 Å². The van der Waals surface area contributed by atoms with Gasteiger partial charge in [0.25, 0.3) is 0 Å². The molecule has 0 radical (unpaired) electrons. The zero-order chi connectivity index (χ0) is 29.2. The number of hydrogen-bond donors (Lipinski definition) is 5. The van der Waals surface area contributed by atoms with E-state index in [-0.39, 0.29) is 6.04 Å². The van der Waals surface area contributed by atoms with Crippen molar-refractivity contribution >= 4 is 23.9 Å². The Balaban J connectivity index is 0.000000349. The zero-order valence-electron chi connectivity index (χ0n) is 21.8. The van der Waals surface area contributed by atoms with Gasteiger partial charge in [-0.2, -0.15) is 0 Å². The van der Waals surface area contributed by atoms with Crippen molar-refractivity contribution in [2.45, 2.75) is 38.3 Å². The molecule has 0 atom stereocenters. The van der Waals surface area contributed by atoms with E-state index in [2.05, 4.69) is 15.5 Å². The number of aliphatic carboxylic acids is 3. The molecular formula is C26H30N4O9. The lowest BCUT2D eigenvalue weighted by atomic mass is 9.96. The standard InChI is InChI=1S/C20H22N4O2.C6H8O7/c1-13(2)21-20-22-18(14-9-5-7-11-16(14)25-3)19(23-24-20)15-10-6-8-12-17(15)26-4;7-3(8)1-6(13,5(11)12)2-4(9)10/h5-13H,1-4H3,(H,21,22,24);13H,1-2H2,(H,7,8)(H,9,10)(H,11,12). The normalized spacial score (nSPS) is 10.7. The highest BCUT2D eigenvalue weighted by molar-refractivity contribution is 5.88. The second kappa shape index (κ2) is 13.7. The number of methoxy groups -OCH3 is 2. The van der Waals surface area contributed by atoms with Gasteiger partial charge in [0.15, 0.2) is 5.60 Å². The first-order chi connectivity index (χ1) is 18.4. The Kier molecular flexibility index (Phi) is 10.7. The van der Waals surface area contributed by atoms with Crippen LogP contribution in [0.25, 0.3) is 22.5 Å². The Labute approximate surface area is 224 Å². The van der Waals surface area contributed by atoms with E-state index >= 15 is 0 Å².